The molecule has 0 aromatic heterocycles. The molecule has 1 fully saturated rings. The van der Waals surface area contributed by atoms with Crippen molar-refractivity contribution in [2.24, 2.45) is 11.7 Å². The first-order valence-corrected chi connectivity index (χ1v) is 9.84. The lowest BCUT2D eigenvalue weighted by Gasteiger charge is -2.23. The number of carbonyl (C=O) groups excluding carboxylic acids is 2. The normalized spacial score (nSPS) is 19.4. The number of carbonyl (C=O) groups is 3. The first-order valence-electron chi connectivity index (χ1n) is 9.84. The molecule has 1 aliphatic carbocycles. The van der Waals surface area contributed by atoms with Crippen molar-refractivity contribution in [2.75, 3.05) is 19.8 Å². The second-order valence-corrected chi connectivity index (χ2v) is 7.05. The molecule has 0 radical (unpaired) electrons. The van der Waals surface area contributed by atoms with Crippen molar-refractivity contribution in [3.8, 4) is 5.75 Å². The lowest BCUT2D eigenvalue weighted by molar-refractivity contribution is -0.142. The van der Waals surface area contributed by atoms with Crippen molar-refractivity contribution in [3.63, 3.8) is 0 Å². The summed E-state index contributed by atoms with van der Waals surface area (Å²) in [4.78, 5) is 36.7. The fourth-order valence-corrected chi connectivity index (χ4v) is 3.43. The van der Waals surface area contributed by atoms with Crippen LogP contribution in [0.2, 0.25) is 0 Å². The van der Waals surface area contributed by atoms with E-state index in [1.54, 1.807) is 18.2 Å². The third-order valence-corrected chi connectivity index (χ3v) is 4.94. The van der Waals surface area contributed by atoms with Crippen LogP contribution in [0, 0.1) is 5.92 Å². The van der Waals surface area contributed by atoms with Gasteiger partial charge in [0.1, 0.15) is 18.4 Å². The van der Waals surface area contributed by atoms with E-state index >= 15 is 0 Å². The summed E-state index contributed by atoms with van der Waals surface area (Å²) in [5, 5.41) is 23.6. The van der Waals surface area contributed by atoms with Crippen LogP contribution < -0.4 is 21.1 Å². The van der Waals surface area contributed by atoms with Gasteiger partial charge in [-0.15, -0.1) is 0 Å². The molecule has 6 N–H and O–H groups in total. The van der Waals surface area contributed by atoms with Gasteiger partial charge >= 0.3 is 5.97 Å². The van der Waals surface area contributed by atoms with E-state index in [2.05, 4.69) is 10.6 Å². The van der Waals surface area contributed by atoms with E-state index in [1.165, 1.54) is 6.07 Å². The Labute approximate surface area is 169 Å². The van der Waals surface area contributed by atoms with E-state index in [-0.39, 0.29) is 13.2 Å². The zero-order valence-electron chi connectivity index (χ0n) is 16.3. The molecule has 0 spiro atoms. The molecule has 2 rings (SSSR count). The highest BCUT2D eigenvalue weighted by molar-refractivity contribution is 5.98. The molecule has 160 valence electrons. The second kappa shape index (κ2) is 11.4. The van der Waals surface area contributed by atoms with Crippen molar-refractivity contribution in [3.05, 3.63) is 29.8 Å². The molecule has 0 aliphatic heterocycles. The van der Waals surface area contributed by atoms with Crippen molar-refractivity contribution < 1.29 is 29.3 Å². The van der Waals surface area contributed by atoms with E-state index in [0.29, 0.717) is 43.5 Å². The maximum Gasteiger partial charge on any atom is 0.308 e. The van der Waals surface area contributed by atoms with E-state index < -0.39 is 35.8 Å². The number of amides is 2. The van der Waals surface area contributed by atoms with Crippen LogP contribution in [0.15, 0.2) is 24.3 Å². The van der Waals surface area contributed by atoms with Crippen molar-refractivity contribution in [2.45, 2.75) is 44.2 Å². The largest absolute Gasteiger partial charge is 0.491 e. The predicted molar refractivity (Wildman–Crippen MR) is 105 cm³/mol. The first-order chi connectivity index (χ1) is 14.0. The Bertz CT molecular complexity index is 711. The topological polar surface area (TPSA) is 151 Å². The third-order valence-electron chi connectivity index (χ3n) is 4.94. The fourth-order valence-electron chi connectivity index (χ4n) is 3.43. The number of aliphatic hydroxyl groups is 1. The number of hydrogen-bond donors (Lipinski definition) is 5. The van der Waals surface area contributed by atoms with Crippen LogP contribution in [0.25, 0.3) is 0 Å². The van der Waals surface area contributed by atoms with Crippen molar-refractivity contribution in [1.29, 1.82) is 0 Å². The van der Waals surface area contributed by atoms with Crippen LogP contribution in [0.5, 0.6) is 5.75 Å². The molecule has 0 heterocycles. The highest BCUT2D eigenvalue weighted by Gasteiger charge is 2.35. The van der Waals surface area contributed by atoms with Crippen LogP contribution >= 0.6 is 0 Å². The van der Waals surface area contributed by atoms with Crippen LogP contribution in [-0.4, -0.2) is 59.8 Å². The zero-order valence-corrected chi connectivity index (χ0v) is 16.3. The summed E-state index contributed by atoms with van der Waals surface area (Å²) in [6, 6.07) is 5.18. The van der Waals surface area contributed by atoms with Gasteiger partial charge in [-0.25, -0.2) is 0 Å². The Balaban J connectivity index is 2.04. The number of rotatable bonds is 11. The summed E-state index contributed by atoms with van der Waals surface area (Å²) in [6.45, 7) is 0.334. The molecule has 1 unspecified atom stereocenters. The minimum atomic E-state index is -0.921. The minimum absolute atomic E-state index is 0.110. The molecule has 0 bridgehead atoms. The number of ether oxygens (including phenoxy) is 1. The lowest BCUT2D eigenvalue weighted by atomic mass is 10.0. The standard InChI is InChI=1S/C20H29N3O6/c21-9-3-8-17(19(26)22-16-7-2-6-15(16)20(27)28)23-18(25)13-4-1-5-14(12-13)29-11-10-24/h1,4-5,12,15-17,24H,2-3,6-11,21H2,(H,22,26)(H,23,25)(H,27,28)/t15-,16?,17+/m1/s1. The van der Waals surface area contributed by atoms with Gasteiger partial charge in [0.15, 0.2) is 0 Å². The van der Waals surface area contributed by atoms with Gasteiger partial charge in [-0.05, 0) is 50.4 Å². The molecule has 1 aromatic carbocycles. The number of nitrogens with two attached hydrogens (primary N) is 1. The van der Waals surface area contributed by atoms with E-state index in [4.69, 9.17) is 15.6 Å². The highest BCUT2D eigenvalue weighted by atomic mass is 16.5. The van der Waals surface area contributed by atoms with Crippen LogP contribution in [0.4, 0.5) is 0 Å². The summed E-state index contributed by atoms with van der Waals surface area (Å²) in [5.74, 6) is -1.94. The number of carboxylic acids is 1. The number of hydrogen-bond acceptors (Lipinski definition) is 6. The van der Waals surface area contributed by atoms with E-state index in [9.17, 15) is 19.5 Å². The molecule has 1 saturated carbocycles. The lowest BCUT2D eigenvalue weighted by Crippen LogP contribution is -2.51. The fraction of sp³-hybridized carbons (Fsp3) is 0.550. The van der Waals surface area contributed by atoms with Gasteiger partial charge in [0, 0.05) is 11.6 Å². The van der Waals surface area contributed by atoms with E-state index in [1.807, 2.05) is 0 Å². The summed E-state index contributed by atoms with van der Waals surface area (Å²) < 4.78 is 5.30. The quantitative estimate of drug-likeness (QED) is 0.353. The molecule has 29 heavy (non-hydrogen) atoms. The second-order valence-electron chi connectivity index (χ2n) is 7.05. The molecule has 2 amide bonds. The summed E-state index contributed by atoms with van der Waals surface area (Å²) >= 11 is 0. The summed E-state index contributed by atoms with van der Waals surface area (Å²) in [7, 11) is 0. The Kier molecular flexibility index (Phi) is 8.88. The zero-order chi connectivity index (χ0) is 21.2. The number of aliphatic hydroxyl groups excluding tert-OH is 1. The number of carboxylic acid groups (broad SMARTS) is 1. The van der Waals surface area contributed by atoms with Crippen molar-refractivity contribution in [1.82, 2.24) is 10.6 Å². The molecule has 1 aromatic rings. The van der Waals surface area contributed by atoms with Crippen LogP contribution in [-0.2, 0) is 9.59 Å². The Morgan fingerprint density at radius 2 is 2.07 bits per heavy atom. The summed E-state index contributed by atoms with van der Waals surface area (Å²) in [6.07, 6.45) is 2.75. The molecular weight excluding hydrogens is 378 g/mol. The van der Waals surface area contributed by atoms with Crippen LogP contribution in [0.1, 0.15) is 42.5 Å². The highest BCUT2D eigenvalue weighted by Crippen LogP contribution is 2.26. The Morgan fingerprint density at radius 1 is 1.28 bits per heavy atom. The maximum absolute atomic E-state index is 12.7. The van der Waals surface area contributed by atoms with Gasteiger partial charge in [-0.3, -0.25) is 14.4 Å². The smallest absolute Gasteiger partial charge is 0.308 e. The monoisotopic (exact) mass is 407 g/mol. The van der Waals surface area contributed by atoms with Crippen molar-refractivity contribution >= 4 is 17.8 Å². The molecule has 9 heteroatoms. The molecular formula is C20H29N3O6. The van der Waals surface area contributed by atoms with Gasteiger partial charge in [-0.1, -0.05) is 12.5 Å². The van der Waals surface area contributed by atoms with Gasteiger partial charge < -0.3 is 31.3 Å². The summed E-state index contributed by atoms with van der Waals surface area (Å²) in [5.41, 5.74) is 5.87. The molecule has 9 nitrogen and oxygen atoms in total. The molecule has 3 atom stereocenters. The maximum atomic E-state index is 12.7. The Hall–Kier alpha value is -2.65. The van der Waals surface area contributed by atoms with E-state index in [0.717, 1.165) is 6.42 Å². The van der Waals surface area contributed by atoms with Gasteiger partial charge in [0.2, 0.25) is 5.91 Å². The average Bonchev–Trinajstić information content (AvgIpc) is 3.17. The van der Waals surface area contributed by atoms with Gasteiger partial charge in [0.05, 0.1) is 12.5 Å². The SMILES string of the molecule is NCCC[C@H](NC(=O)c1cccc(OCCO)c1)C(=O)NC1CCC[C@H]1C(=O)O. The van der Waals surface area contributed by atoms with Gasteiger partial charge in [0.25, 0.3) is 5.91 Å². The third kappa shape index (κ3) is 6.72. The first kappa shape index (κ1) is 22.6. The number of aliphatic carboxylic acids is 1. The molecule has 0 saturated heterocycles. The average molecular weight is 407 g/mol. The number of nitrogens with one attached hydrogen (secondary N) is 2. The molecule has 1 aliphatic rings. The number of benzene rings is 1. The predicted octanol–water partition coefficient (Wildman–Crippen LogP) is 0.265. The minimum Gasteiger partial charge on any atom is -0.491 e. The Morgan fingerprint density at radius 3 is 2.76 bits per heavy atom. The van der Waals surface area contributed by atoms with Gasteiger partial charge in [-0.2, -0.15) is 0 Å². The van der Waals surface area contributed by atoms with Crippen LogP contribution in [0.3, 0.4) is 0 Å².